The number of imidazole rings is 1. The van der Waals surface area contributed by atoms with Crippen molar-refractivity contribution in [3.63, 3.8) is 0 Å². The molecule has 90 valence electrons. The molecule has 0 aliphatic carbocycles. The van der Waals surface area contributed by atoms with E-state index in [1.54, 1.807) is 0 Å². The van der Waals surface area contributed by atoms with E-state index in [0.717, 1.165) is 11.4 Å². The Balaban J connectivity index is 2.02. The molecule has 0 aliphatic heterocycles. The van der Waals surface area contributed by atoms with E-state index in [-0.39, 0.29) is 0 Å². The molecule has 1 heterocycles. The van der Waals surface area contributed by atoms with E-state index in [9.17, 15) is 0 Å². The molecule has 1 aromatic carbocycles. The van der Waals surface area contributed by atoms with Crippen LogP contribution in [0.25, 0.3) is 0 Å². The van der Waals surface area contributed by atoms with Gasteiger partial charge < -0.3 is 15.0 Å². The highest BCUT2D eigenvalue weighted by molar-refractivity contribution is 5.24. The maximum atomic E-state index is 5.81. The van der Waals surface area contributed by atoms with Crippen LogP contribution in [-0.4, -0.2) is 9.55 Å². The summed E-state index contributed by atoms with van der Waals surface area (Å²) in [5.74, 6) is 1.37. The van der Waals surface area contributed by atoms with Gasteiger partial charge >= 0.3 is 0 Å². The second-order valence-corrected chi connectivity index (χ2v) is 4.19. The van der Waals surface area contributed by atoms with Crippen molar-refractivity contribution in [2.24, 2.45) is 0 Å². The zero-order valence-electron chi connectivity index (χ0n) is 10.1. The van der Waals surface area contributed by atoms with Gasteiger partial charge in [0.2, 0.25) is 5.95 Å². The summed E-state index contributed by atoms with van der Waals surface area (Å²) in [7, 11) is 0. The predicted octanol–water partition coefficient (Wildman–Crippen LogP) is 2.63. The van der Waals surface area contributed by atoms with Gasteiger partial charge in [-0.25, -0.2) is 4.98 Å². The molecule has 4 heteroatoms. The standard InChI is InChI=1S/C13H17N3O/c1-10(2)16-8-11(15-13(16)14)9-17-12-6-4-3-5-7-12/h3-8,10H,9H2,1-2H3,(H2,14,15). The Morgan fingerprint density at radius 2 is 2.00 bits per heavy atom. The van der Waals surface area contributed by atoms with E-state index >= 15 is 0 Å². The van der Waals surface area contributed by atoms with Crippen molar-refractivity contribution in [3.05, 3.63) is 42.2 Å². The van der Waals surface area contributed by atoms with Gasteiger partial charge in [-0.2, -0.15) is 0 Å². The Bertz CT molecular complexity index is 477. The lowest BCUT2D eigenvalue weighted by Crippen LogP contribution is -2.03. The average Bonchev–Trinajstić information content (AvgIpc) is 2.69. The highest BCUT2D eigenvalue weighted by atomic mass is 16.5. The lowest BCUT2D eigenvalue weighted by molar-refractivity contribution is 0.301. The number of nitrogens with zero attached hydrogens (tertiary/aromatic N) is 2. The van der Waals surface area contributed by atoms with Gasteiger partial charge in [-0.1, -0.05) is 18.2 Å². The smallest absolute Gasteiger partial charge is 0.200 e. The number of nitrogens with two attached hydrogens (primary N) is 1. The average molecular weight is 231 g/mol. The molecule has 0 radical (unpaired) electrons. The molecule has 0 amide bonds. The molecule has 0 unspecified atom stereocenters. The fourth-order valence-electron chi connectivity index (χ4n) is 1.62. The maximum absolute atomic E-state index is 5.81. The zero-order valence-corrected chi connectivity index (χ0v) is 10.1. The fourth-order valence-corrected chi connectivity index (χ4v) is 1.62. The summed E-state index contributed by atoms with van der Waals surface area (Å²) in [4.78, 5) is 4.26. The van der Waals surface area contributed by atoms with Crippen LogP contribution in [0.5, 0.6) is 5.75 Å². The van der Waals surface area contributed by atoms with Gasteiger partial charge in [0.1, 0.15) is 12.4 Å². The van der Waals surface area contributed by atoms with Crippen LogP contribution in [0.4, 0.5) is 5.95 Å². The Kier molecular flexibility index (Phi) is 3.32. The van der Waals surface area contributed by atoms with E-state index < -0.39 is 0 Å². The number of ether oxygens (including phenoxy) is 1. The first-order chi connectivity index (χ1) is 8.16. The van der Waals surface area contributed by atoms with Crippen LogP contribution in [0.15, 0.2) is 36.5 Å². The first-order valence-corrected chi connectivity index (χ1v) is 5.68. The minimum Gasteiger partial charge on any atom is -0.487 e. The molecule has 0 atom stereocenters. The summed E-state index contributed by atoms with van der Waals surface area (Å²) in [6.45, 7) is 4.58. The molecule has 1 aromatic heterocycles. The number of hydrogen-bond acceptors (Lipinski definition) is 3. The highest BCUT2D eigenvalue weighted by Gasteiger charge is 2.07. The zero-order chi connectivity index (χ0) is 12.3. The van der Waals surface area contributed by atoms with Gasteiger partial charge in [-0.15, -0.1) is 0 Å². The van der Waals surface area contributed by atoms with Crippen molar-refractivity contribution >= 4 is 5.95 Å². The molecular formula is C13H17N3O. The number of anilines is 1. The second kappa shape index (κ2) is 4.91. The molecule has 0 saturated carbocycles. The lowest BCUT2D eigenvalue weighted by atomic mass is 10.3. The van der Waals surface area contributed by atoms with Crippen LogP contribution < -0.4 is 10.5 Å². The summed E-state index contributed by atoms with van der Waals surface area (Å²) >= 11 is 0. The summed E-state index contributed by atoms with van der Waals surface area (Å²) in [6.07, 6.45) is 1.93. The van der Waals surface area contributed by atoms with Crippen LogP contribution >= 0.6 is 0 Å². The molecule has 0 fully saturated rings. The molecular weight excluding hydrogens is 214 g/mol. The van der Waals surface area contributed by atoms with E-state index in [1.165, 1.54) is 0 Å². The monoisotopic (exact) mass is 231 g/mol. The van der Waals surface area contributed by atoms with Gasteiger partial charge in [-0.3, -0.25) is 0 Å². The fraction of sp³-hybridized carbons (Fsp3) is 0.308. The molecule has 0 bridgehead atoms. The van der Waals surface area contributed by atoms with Gasteiger partial charge in [0.25, 0.3) is 0 Å². The molecule has 4 nitrogen and oxygen atoms in total. The van der Waals surface area contributed by atoms with Gasteiger partial charge in [-0.05, 0) is 26.0 Å². The second-order valence-electron chi connectivity index (χ2n) is 4.19. The third-order valence-corrected chi connectivity index (χ3v) is 2.50. The van der Waals surface area contributed by atoms with Crippen molar-refractivity contribution in [1.82, 2.24) is 9.55 Å². The van der Waals surface area contributed by atoms with Crippen LogP contribution in [-0.2, 0) is 6.61 Å². The minimum absolute atomic E-state index is 0.313. The summed E-state index contributed by atoms with van der Waals surface area (Å²) < 4.78 is 7.54. The first kappa shape index (κ1) is 11.5. The van der Waals surface area contributed by atoms with E-state index in [2.05, 4.69) is 18.8 Å². The quantitative estimate of drug-likeness (QED) is 0.880. The van der Waals surface area contributed by atoms with Crippen molar-refractivity contribution in [2.45, 2.75) is 26.5 Å². The summed E-state index contributed by atoms with van der Waals surface area (Å²) in [5, 5.41) is 0. The third kappa shape index (κ3) is 2.78. The number of hydrogen-bond donors (Lipinski definition) is 1. The normalized spacial score (nSPS) is 10.8. The molecule has 0 saturated heterocycles. The highest BCUT2D eigenvalue weighted by Crippen LogP contribution is 2.15. The Morgan fingerprint density at radius 3 is 2.59 bits per heavy atom. The largest absolute Gasteiger partial charge is 0.487 e. The van der Waals surface area contributed by atoms with Gasteiger partial charge in [0.15, 0.2) is 0 Å². The predicted molar refractivity (Wildman–Crippen MR) is 67.8 cm³/mol. The van der Waals surface area contributed by atoms with Gasteiger partial charge in [0, 0.05) is 12.2 Å². The van der Waals surface area contributed by atoms with Crippen molar-refractivity contribution in [3.8, 4) is 5.75 Å². The number of aromatic nitrogens is 2. The van der Waals surface area contributed by atoms with Crippen LogP contribution in [0.1, 0.15) is 25.6 Å². The third-order valence-electron chi connectivity index (χ3n) is 2.50. The topological polar surface area (TPSA) is 53.1 Å². The summed E-state index contributed by atoms with van der Waals surface area (Å²) in [6, 6.07) is 9.99. The number of benzene rings is 1. The number of para-hydroxylation sites is 1. The number of nitrogen functional groups attached to an aromatic ring is 1. The summed E-state index contributed by atoms with van der Waals surface area (Å²) in [5.41, 5.74) is 6.65. The SMILES string of the molecule is CC(C)n1cc(COc2ccccc2)nc1N. The van der Waals surface area contributed by atoms with Crippen molar-refractivity contribution < 1.29 is 4.74 Å². The van der Waals surface area contributed by atoms with E-state index in [0.29, 0.717) is 18.6 Å². The van der Waals surface area contributed by atoms with Crippen molar-refractivity contribution in [2.75, 3.05) is 5.73 Å². The first-order valence-electron chi connectivity index (χ1n) is 5.68. The molecule has 0 aliphatic rings. The molecule has 0 spiro atoms. The molecule has 2 N–H and O–H groups in total. The molecule has 17 heavy (non-hydrogen) atoms. The molecule has 2 aromatic rings. The maximum Gasteiger partial charge on any atom is 0.200 e. The lowest BCUT2D eigenvalue weighted by Gasteiger charge is -2.06. The van der Waals surface area contributed by atoms with Crippen LogP contribution in [0, 0.1) is 0 Å². The van der Waals surface area contributed by atoms with Crippen LogP contribution in [0.3, 0.4) is 0 Å². The number of rotatable bonds is 4. The molecule has 2 rings (SSSR count). The van der Waals surface area contributed by atoms with Gasteiger partial charge in [0.05, 0.1) is 5.69 Å². The Morgan fingerprint density at radius 1 is 1.29 bits per heavy atom. The van der Waals surface area contributed by atoms with E-state index in [1.807, 2.05) is 41.1 Å². The van der Waals surface area contributed by atoms with E-state index in [4.69, 9.17) is 10.5 Å². The van der Waals surface area contributed by atoms with Crippen molar-refractivity contribution in [1.29, 1.82) is 0 Å². The Hall–Kier alpha value is -1.97. The minimum atomic E-state index is 0.313. The van der Waals surface area contributed by atoms with Crippen LogP contribution in [0.2, 0.25) is 0 Å². The Labute approximate surface area is 101 Å².